The maximum atomic E-state index is 11.8. The van der Waals surface area contributed by atoms with Gasteiger partial charge in [0, 0.05) is 12.6 Å². The van der Waals surface area contributed by atoms with Gasteiger partial charge in [-0.25, -0.2) is 0 Å². The van der Waals surface area contributed by atoms with E-state index in [0.717, 1.165) is 0 Å². The fourth-order valence-electron chi connectivity index (χ4n) is 1.80. The fraction of sp³-hybridized carbons (Fsp3) is 0.636. The molecule has 1 unspecified atom stereocenters. The quantitative estimate of drug-likeness (QED) is 0.851. The molecule has 1 aromatic rings. The van der Waals surface area contributed by atoms with Gasteiger partial charge < -0.3 is 15.6 Å². The summed E-state index contributed by atoms with van der Waals surface area (Å²) in [5.41, 5.74) is 7.05. The first-order valence-electron chi connectivity index (χ1n) is 5.56. The van der Waals surface area contributed by atoms with E-state index in [9.17, 15) is 4.79 Å². The summed E-state index contributed by atoms with van der Waals surface area (Å²) in [7, 11) is 0. The van der Waals surface area contributed by atoms with Crippen molar-refractivity contribution in [2.45, 2.75) is 32.7 Å². The Morgan fingerprint density at radius 3 is 2.71 bits per heavy atom. The zero-order valence-corrected chi connectivity index (χ0v) is 10.8. The Hall–Kier alpha value is -1.07. The van der Waals surface area contributed by atoms with E-state index >= 15 is 0 Å². The van der Waals surface area contributed by atoms with Gasteiger partial charge in [0.05, 0.1) is 5.69 Å². The van der Waals surface area contributed by atoms with Crippen molar-refractivity contribution < 1.29 is 9.32 Å². The summed E-state index contributed by atoms with van der Waals surface area (Å²) < 4.78 is 4.94. The summed E-state index contributed by atoms with van der Waals surface area (Å²) in [6, 6.07) is 0.0735. The Morgan fingerprint density at radius 2 is 2.24 bits per heavy atom. The largest absolute Gasteiger partial charge is 0.361 e. The molecule has 1 fully saturated rings. The normalized spacial score (nSPS) is 16.2. The number of halogens is 1. The van der Waals surface area contributed by atoms with Crippen LogP contribution in [0.2, 0.25) is 0 Å². The van der Waals surface area contributed by atoms with Crippen LogP contribution in [0.4, 0.5) is 0 Å². The standard InChI is InChI=1S/C11H17N3O2.ClH/c1-6-10(7(2)16-14-6)11(15)13-5-9(12)8-3-4-8;/h8-9H,3-5,12H2,1-2H3,(H,13,15);1H. The lowest BCUT2D eigenvalue weighted by Crippen LogP contribution is -2.38. The Morgan fingerprint density at radius 1 is 1.59 bits per heavy atom. The highest BCUT2D eigenvalue weighted by Gasteiger charge is 2.29. The number of carbonyl (C=O) groups is 1. The van der Waals surface area contributed by atoms with Crippen molar-refractivity contribution in [2.24, 2.45) is 11.7 Å². The molecule has 1 aromatic heterocycles. The molecular formula is C11H18ClN3O2. The molecule has 1 aliphatic carbocycles. The third kappa shape index (κ3) is 3.20. The maximum Gasteiger partial charge on any atom is 0.256 e. The van der Waals surface area contributed by atoms with Crippen molar-refractivity contribution in [3.05, 3.63) is 17.0 Å². The number of carbonyl (C=O) groups excluding carboxylic acids is 1. The zero-order valence-electron chi connectivity index (χ0n) is 10.0. The van der Waals surface area contributed by atoms with E-state index in [-0.39, 0.29) is 24.4 Å². The molecule has 5 nitrogen and oxygen atoms in total. The monoisotopic (exact) mass is 259 g/mol. The molecule has 0 aromatic carbocycles. The maximum absolute atomic E-state index is 11.8. The van der Waals surface area contributed by atoms with Crippen LogP contribution >= 0.6 is 12.4 Å². The first-order valence-corrected chi connectivity index (χ1v) is 5.56. The molecule has 1 saturated carbocycles. The number of nitrogens with two attached hydrogens (primary N) is 1. The highest BCUT2D eigenvalue weighted by molar-refractivity contribution is 5.96. The van der Waals surface area contributed by atoms with E-state index in [2.05, 4.69) is 10.5 Å². The van der Waals surface area contributed by atoms with Crippen molar-refractivity contribution >= 4 is 18.3 Å². The van der Waals surface area contributed by atoms with Gasteiger partial charge in [0.2, 0.25) is 0 Å². The van der Waals surface area contributed by atoms with Gasteiger partial charge in [0.15, 0.2) is 0 Å². The van der Waals surface area contributed by atoms with Gasteiger partial charge in [0.1, 0.15) is 11.3 Å². The minimum Gasteiger partial charge on any atom is -0.361 e. The lowest BCUT2D eigenvalue weighted by atomic mass is 10.1. The Labute approximate surface area is 107 Å². The van der Waals surface area contributed by atoms with E-state index in [1.165, 1.54) is 12.8 Å². The topological polar surface area (TPSA) is 81.2 Å². The van der Waals surface area contributed by atoms with E-state index in [1.807, 2.05) is 0 Å². The van der Waals surface area contributed by atoms with Gasteiger partial charge in [-0.1, -0.05) is 5.16 Å². The predicted molar refractivity (Wildman–Crippen MR) is 66.3 cm³/mol. The third-order valence-electron chi connectivity index (χ3n) is 2.99. The minimum absolute atomic E-state index is 0. The van der Waals surface area contributed by atoms with Crippen LogP contribution in [0.3, 0.4) is 0 Å². The van der Waals surface area contributed by atoms with Gasteiger partial charge >= 0.3 is 0 Å². The summed E-state index contributed by atoms with van der Waals surface area (Å²) in [5.74, 6) is 0.993. The second-order valence-corrected chi connectivity index (χ2v) is 4.41. The van der Waals surface area contributed by atoms with Crippen LogP contribution in [-0.4, -0.2) is 23.7 Å². The van der Waals surface area contributed by atoms with Crippen molar-refractivity contribution in [2.75, 3.05) is 6.54 Å². The number of aryl methyl sites for hydroxylation is 2. The molecule has 0 spiro atoms. The van der Waals surface area contributed by atoms with Crippen molar-refractivity contribution in [1.29, 1.82) is 0 Å². The van der Waals surface area contributed by atoms with Gasteiger partial charge in [0.25, 0.3) is 5.91 Å². The highest BCUT2D eigenvalue weighted by atomic mass is 35.5. The fourth-order valence-corrected chi connectivity index (χ4v) is 1.80. The smallest absolute Gasteiger partial charge is 0.256 e. The number of amides is 1. The lowest BCUT2D eigenvalue weighted by Gasteiger charge is -2.11. The summed E-state index contributed by atoms with van der Waals surface area (Å²) >= 11 is 0. The molecule has 1 amide bonds. The van der Waals surface area contributed by atoms with Crippen molar-refractivity contribution in [1.82, 2.24) is 10.5 Å². The van der Waals surface area contributed by atoms with Gasteiger partial charge in [-0.2, -0.15) is 0 Å². The minimum atomic E-state index is -0.146. The van der Waals surface area contributed by atoms with Gasteiger partial charge in [-0.15, -0.1) is 12.4 Å². The number of rotatable bonds is 4. The van der Waals surface area contributed by atoms with Crippen LogP contribution in [0, 0.1) is 19.8 Å². The molecule has 0 saturated heterocycles. The molecule has 3 N–H and O–H groups in total. The molecule has 1 aliphatic rings. The summed E-state index contributed by atoms with van der Waals surface area (Å²) in [6.45, 7) is 4.01. The number of aromatic nitrogens is 1. The van der Waals surface area contributed by atoms with Gasteiger partial charge in [-0.3, -0.25) is 4.79 Å². The number of hydrogen-bond donors (Lipinski definition) is 2. The number of nitrogens with one attached hydrogen (secondary N) is 1. The summed E-state index contributed by atoms with van der Waals surface area (Å²) in [6.07, 6.45) is 2.37. The molecule has 2 rings (SSSR count). The number of nitrogens with zero attached hydrogens (tertiary/aromatic N) is 1. The highest BCUT2D eigenvalue weighted by Crippen LogP contribution is 2.31. The second kappa shape index (κ2) is 5.51. The van der Waals surface area contributed by atoms with Crippen molar-refractivity contribution in [3.8, 4) is 0 Å². The van der Waals surface area contributed by atoms with E-state index in [4.69, 9.17) is 10.3 Å². The van der Waals surface area contributed by atoms with Crippen LogP contribution in [0.5, 0.6) is 0 Å². The van der Waals surface area contributed by atoms with E-state index in [0.29, 0.717) is 29.5 Å². The SMILES string of the molecule is Cc1noc(C)c1C(=O)NCC(N)C1CC1.Cl. The van der Waals surface area contributed by atoms with Crippen LogP contribution in [0.1, 0.15) is 34.7 Å². The molecule has 6 heteroatoms. The molecule has 0 radical (unpaired) electrons. The lowest BCUT2D eigenvalue weighted by molar-refractivity contribution is 0.0948. The van der Waals surface area contributed by atoms with Crippen molar-refractivity contribution in [3.63, 3.8) is 0 Å². The predicted octanol–water partition coefficient (Wildman–Crippen LogP) is 1.18. The summed E-state index contributed by atoms with van der Waals surface area (Å²) in [4.78, 5) is 11.8. The zero-order chi connectivity index (χ0) is 11.7. The molecule has 17 heavy (non-hydrogen) atoms. The van der Waals surface area contributed by atoms with Crippen LogP contribution in [0.15, 0.2) is 4.52 Å². The summed E-state index contributed by atoms with van der Waals surface area (Å²) in [5, 5.41) is 6.57. The average Bonchev–Trinajstić information content (AvgIpc) is 3.02. The van der Waals surface area contributed by atoms with E-state index in [1.54, 1.807) is 13.8 Å². The molecule has 0 aliphatic heterocycles. The third-order valence-corrected chi connectivity index (χ3v) is 2.99. The number of hydrogen-bond acceptors (Lipinski definition) is 4. The molecule has 1 atom stereocenters. The van der Waals surface area contributed by atoms with Crippen LogP contribution in [-0.2, 0) is 0 Å². The van der Waals surface area contributed by atoms with Crippen LogP contribution in [0.25, 0.3) is 0 Å². The first-order chi connectivity index (χ1) is 7.59. The first kappa shape index (κ1) is 14.0. The Bertz CT molecular complexity index is 382. The Kier molecular flexibility index (Phi) is 4.54. The van der Waals surface area contributed by atoms with E-state index < -0.39 is 0 Å². The molecular weight excluding hydrogens is 242 g/mol. The second-order valence-electron chi connectivity index (χ2n) is 4.41. The molecule has 96 valence electrons. The molecule has 0 bridgehead atoms. The van der Waals surface area contributed by atoms with Gasteiger partial charge in [-0.05, 0) is 32.6 Å². The Balaban J connectivity index is 0.00000144. The van der Waals surface area contributed by atoms with Crippen LogP contribution < -0.4 is 11.1 Å². The molecule has 1 heterocycles. The average molecular weight is 260 g/mol.